The topological polar surface area (TPSA) is 94.3 Å². The summed E-state index contributed by atoms with van der Waals surface area (Å²) in [4.78, 5) is 19.5. The van der Waals surface area contributed by atoms with E-state index < -0.39 is 0 Å². The molecule has 0 unspecified atom stereocenters. The fraction of sp³-hybridized carbons (Fsp3) is 0.522. The van der Waals surface area contributed by atoms with Crippen LogP contribution >= 0.6 is 0 Å². The first-order valence-corrected chi connectivity index (χ1v) is 41.3. The van der Waals surface area contributed by atoms with E-state index in [1.54, 1.807) is 0 Å². The van der Waals surface area contributed by atoms with Gasteiger partial charge in [0.1, 0.15) is 23.0 Å². The number of aromatic nitrogens is 4. The Hall–Kier alpha value is -7.48. The molecule has 104 heavy (non-hydrogen) atoms. The van der Waals surface area contributed by atoms with Gasteiger partial charge in [-0.25, -0.2) is 9.97 Å². The van der Waals surface area contributed by atoms with Gasteiger partial charge in [0.05, 0.1) is 154 Å². The lowest BCUT2D eigenvalue weighted by Crippen LogP contribution is -2.48. The molecule has 12 heteroatoms. The number of nitrogens with one attached hydrogen (secondary N) is 2. The molecule has 5 heterocycles. The highest BCUT2D eigenvalue weighted by atomic mass is 16.5. The summed E-state index contributed by atoms with van der Waals surface area (Å²) in [7, 11) is 0. The summed E-state index contributed by atoms with van der Waals surface area (Å²) in [6.45, 7) is 50.1. The molecule has 0 aliphatic carbocycles. The van der Waals surface area contributed by atoms with Crippen molar-refractivity contribution in [1.29, 1.82) is 0 Å². The minimum Gasteiger partial charge on any atom is -0.494 e. The Kier molecular flexibility index (Phi) is 31.7. The smallest absolute Gasteiger partial charge is 0.119 e. The molecule has 9 rings (SSSR count). The highest BCUT2D eigenvalue weighted by Gasteiger charge is 2.25. The third kappa shape index (κ3) is 21.4. The lowest BCUT2D eigenvalue weighted by Gasteiger charge is -2.35. The van der Waals surface area contributed by atoms with Gasteiger partial charge in [-0.1, -0.05) is 48.5 Å². The molecule has 0 saturated heterocycles. The van der Waals surface area contributed by atoms with E-state index in [2.05, 4.69) is 239 Å². The van der Waals surface area contributed by atoms with Crippen molar-refractivity contribution < 1.29 is 36.9 Å². The van der Waals surface area contributed by atoms with Gasteiger partial charge in [0.2, 0.25) is 0 Å². The molecule has 3 aromatic heterocycles. The highest BCUT2D eigenvalue weighted by molar-refractivity contribution is 6.00. The highest BCUT2D eigenvalue weighted by Crippen LogP contribution is 2.41. The summed E-state index contributed by atoms with van der Waals surface area (Å²) < 4.78 is 31.5. The molecule has 0 amide bonds. The quantitative estimate of drug-likeness (QED) is 0.0291. The van der Waals surface area contributed by atoms with Crippen molar-refractivity contribution in [2.24, 2.45) is 0 Å². The molecule has 0 spiro atoms. The van der Waals surface area contributed by atoms with Gasteiger partial charge in [0.15, 0.2) is 0 Å². The van der Waals surface area contributed by atoms with Gasteiger partial charge < -0.3 is 46.8 Å². The monoisotopic (exact) mass is 1420 g/mol. The first kappa shape index (κ1) is 80.6. The first-order valence-electron chi connectivity index (χ1n) is 41.3. The Morgan fingerprint density at radius 2 is 0.452 bits per heavy atom. The fourth-order valence-electron chi connectivity index (χ4n) is 16.3. The Bertz CT molecular complexity index is 3460. The van der Waals surface area contributed by atoms with Crippen LogP contribution in [-0.4, -0.2) is 169 Å². The number of unbranched alkanes of at least 4 members (excludes halogenated alkanes) is 12. The number of fused-ring (bicyclic) bond motifs is 8. The maximum absolute atomic E-state index is 6.67. The number of quaternary nitrogens is 4. The van der Waals surface area contributed by atoms with E-state index in [1.165, 1.54) is 174 Å². The van der Waals surface area contributed by atoms with Gasteiger partial charge in [-0.3, -0.25) is 0 Å². The van der Waals surface area contributed by atoms with Crippen molar-refractivity contribution in [1.82, 2.24) is 19.9 Å². The van der Waals surface area contributed by atoms with E-state index in [-0.39, 0.29) is 0 Å². The number of benzene rings is 4. The number of hydrogen-bond acceptors (Lipinski definition) is 6. The number of ether oxygens (including phenoxy) is 4. The molecule has 0 fully saturated rings. The summed E-state index contributed by atoms with van der Waals surface area (Å²) >= 11 is 0. The summed E-state index contributed by atoms with van der Waals surface area (Å²) in [5, 5.41) is 0. The molecule has 8 bridgehead atoms. The third-order valence-corrected chi connectivity index (χ3v) is 24.5. The zero-order valence-electron chi connectivity index (χ0n) is 66.6. The number of hydrogen-bond donors (Lipinski definition) is 2. The molecule has 0 saturated carbocycles. The van der Waals surface area contributed by atoms with Crippen LogP contribution in [0.2, 0.25) is 0 Å². The minimum absolute atomic E-state index is 0.666. The van der Waals surface area contributed by atoms with Gasteiger partial charge in [-0.2, -0.15) is 0 Å². The van der Waals surface area contributed by atoms with Crippen LogP contribution in [0, 0.1) is 0 Å². The van der Waals surface area contributed by atoms with Crippen LogP contribution in [0.15, 0.2) is 121 Å². The Balaban J connectivity index is 1.13. The SMILES string of the molecule is CC[N+](CC)(CC)CCCCCCOc1cccc(-c2c3nc(c(-c4cccc(OCCCCCC[N+](CC)(CC)CC)c4)c4ccc([nH]4)c(-c4cccc(OCCCCCC[N+](CC)(CC)CC)c4)c4nc(c(-c5cccc(OCCCCCC[N+](CC)(CC)CC)c5)c5ccc2[nH]5)C=C4)C=C3)c1. The molecule has 2 N–H and O–H groups in total. The van der Waals surface area contributed by atoms with E-state index in [0.29, 0.717) is 26.4 Å². The Morgan fingerprint density at radius 1 is 0.250 bits per heavy atom. The average Bonchev–Trinajstić information content (AvgIpc) is 1.60. The van der Waals surface area contributed by atoms with Crippen molar-refractivity contribution in [3.05, 3.63) is 144 Å². The van der Waals surface area contributed by atoms with Crippen LogP contribution in [-0.2, 0) is 0 Å². The molecule has 562 valence electrons. The van der Waals surface area contributed by atoms with E-state index >= 15 is 0 Å². The van der Waals surface area contributed by atoms with E-state index in [0.717, 1.165) is 164 Å². The molecule has 0 atom stereocenters. The van der Waals surface area contributed by atoms with Crippen molar-refractivity contribution in [3.8, 4) is 67.5 Å². The van der Waals surface area contributed by atoms with Crippen molar-refractivity contribution in [2.75, 3.05) is 131 Å². The van der Waals surface area contributed by atoms with Crippen molar-refractivity contribution in [2.45, 2.75) is 186 Å². The third-order valence-electron chi connectivity index (χ3n) is 24.5. The second kappa shape index (κ2) is 40.9. The lowest BCUT2D eigenvalue weighted by atomic mass is 10.0. The molecular weight excluding hydrogens is 1280 g/mol. The van der Waals surface area contributed by atoms with E-state index in [9.17, 15) is 0 Å². The van der Waals surface area contributed by atoms with Crippen LogP contribution in [0.5, 0.6) is 23.0 Å². The normalized spacial score (nSPS) is 12.6. The lowest BCUT2D eigenvalue weighted by molar-refractivity contribution is -0.923. The number of aromatic amines is 2. The van der Waals surface area contributed by atoms with Crippen LogP contribution in [0.3, 0.4) is 0 Å². The van der Waals surface area contributed by atoms with Crippen molar-refractivity contribution in [3.63, 3.8) is 0 Å². The molecule has 7 aromatic rings. The van der Waals surface area contributed by atoms with Crippen molar-refractivity contribution >= 4 is 46.4 Å². The summed E-state index contributed by atoms with van der Waals surface area (Å²) in [5.41, 5.74) is 15.1. The minimum atomic E-state index is 0.666. The van der Waals surface area contributed by atoms with Gasteiger partial charge in [0.25, 0.3) is 0 Å². The molecule has 12 nitrogen and oxygen atoms in total. The maximum atomic E-state index is 6.67. The van der Waals surface area contributed by atoms with Crippen LogP contribution < -0.4 is 18.9 Å². The first-order chi connectivity index (χ1) is 50.8. The Morgan fingerprint density at radius 3 is 0.654 bits per heavy atom. The number of nitrogens with zero attached hydrogens (tertiary/aromatic N) is 6. The second-order valence-corrected chi connectivity index (χ2v) is 29.7. The van der Waals surface area contributed by atoms with Gasteiger partial charge in [-0.15, -0.1) is 0 Å². The molecule has 4 aromatic carbocycles. The van der Waals surface area contributed by atoms with E-state index in [4.69, 9.17) is 28.9 Å². The largest absolute Gasteiger partial charge is 0.494 e. The standard InChI is InChI=1S/C92H134N8O4/c1-13-97(14-2,15-3)61-33-25-29-37-65-101-77-49-41-45-73(69-77)89-81-53-55-83(93-81)90(74-46-42-50-78(70-74)102-66-38-30-26-34-62-98(16-4,17-5)18-6)85-57-59-87(95-85)92(76-48-44-52-80(72-76)104-68-40-32-28-36-64-100(22-10,23-11)24-12)88-60-58-86(96-88)91(84-56-54-82(89)94-84)75-47-43-51-79(71-75)103-67-39-31-27-35-63-99(19-7,20-8)21-9/h41-60,69-72,93,96H,13-40,61-68H2,1-12H3/q+4. The van der Waals surface area contributed by atoms with E-state index in [1.807, 2.05) is 0 Å². The maximum Gasteiger partial charge on any atom is 0.119 e. The molecule has 0 radical (unpaired) electrons. The fourth-order valence-corrected chi connectivity index (χ4v) is 16.3. The zero-order valence-corrected chi connectivity index (χ0v) is 66.6. The van der Waals surface area contributed by atoms with Gasteiger partial charge in [0, 0.05) is 44.3 Å². The number of H-pyrrole nitrogens is 2. The molecular formula is C92H134N8O4+4. The average molecular weight is 1420 g/mol. The van der Waals surface area contributed by atoms with Crippen LogP contribution in [0.25, 0.3) is 90.9 Å². The molecule has 2 aliphatic heterocycles. The zero-order chi connectivity index (χ0) is 73.6. The number of rotatable bonds is 48. The summed E-state index contributed by atoms with van der Waals surface area (Å²) in [6, 6.07) is 43.4. The summed E-state index contributed by atoms with van der Waals surface area (Å²) in [6.07, 6.45) is 27.3. The van der Waals surface area contributed by atoms with Crippen LogP contribution in [0.1, 0.15) is 209 Å². The van der Waals surface area contributed by atoms with Crippen LogP contribution in [0.4, 0.5) is 0 Å². The van der Waals surface area contributed by atoms with Gasteiger partial charge >= 0.3 is 0 Å². The predicted octanol–water partition coefficient (Wildman–Crippen LogP) is 22.6. The molecule has 2 aliphatic rings. The van der Waals surface area contributed by atoms with Gasteiger partial charge in [-0.05, 0) is 305 Å². The summed E-state index contributed by atoms with van der Waals surface area (Å²) in [5.74, 6) is 3.40. The predicted molar refractivity (Wildman–Crippen MR) is 443 cm³/mol. The Labute approximate surface area is 628 Å². The second-order valence-electron chi connectivity index (χ2n) is 29.7.